The predicted octanol–water partition coefficient (Wildman–Crippen LogP) is 4.32. The van der Waals surface area contributed by atoms with Gasteiger partial charge in [0.15, 0.2) is 17.3 Å². The van der Waals surface area contributed by atoms with E-state index in [0.717, 1.165) is 22.6 Å². The molecule has 2 N–H and O–H groups in total. The van der Waals surface area contributed by atoms with Gasteiger partial charge in [-0.15, -0.1) is 0 Å². The number of para-hydroxylation sites is 3. The van der Waals surface area contributed by atoms with Gasteiger partial charge in [0, 0.05) is 16.8 Å². The van der Waals surface area contributed by atoms with Crippen LogP contribution in [0.2, 0.25) is 0 Å². The van der Waals surface area contributed by atoms with Crippen LogP contribution in [0.15, 0.2) is 53.7 Å². The molecule has 168 valence electrons. The Bertz CT molecular complexity index is 1080. The van der Waals surface area contributed by atoms with E-state index >= 15 is 0 Å². The molecule has 0 fully saturated rings. The van der Waals surface area contributed by atoms with Crippen molar-refractivity contribution in [3.63, 3.8) is 0 Å². The predicted molar refractivity (Wildman–Crippen MR) is 122 cm³/mol. The molecule has 0 spiro atoms. The highest BCUT2D eigenvalue weighted by Gasteiger charge is 2.45. The zero-order chi connectivity index (χ0) is 22.8. The third-order valence-electron chi connectivity index (χ3n) is 6.05. The second kappa shape index (κ2) is 8.94. The van der Waals surface area contributed by atoms with Gasteiger partial charge >= 0.3 is 5.97 Å². The summed E-state index contributed by atoms with van der Waals surface area (Å²) in [4.78, 5) is 26.3. The highest BCUT2D eigenvalue weighted by atomic mass is 16.5. The molecule has 1 aliphatic carbocycles. The lowest BCUT2D eigenvalue weighted by molar-refractivity contribution is -0.151. The Labute approximate surface area is 187 Å². The number of esters is 1. The maximum atomic E-state index is 13.8. The summed E-state index contributed by atoms with van der Waals surface area (Å²) in [6.45, 7) is 4.25. The van der Waals surface area contributed by atoms with E-state index in [-0.39, 0.29) is 11.7 Å². The van der Waals surface area contributed by atoms with Crippen LogP contribution in [0.1, 0.15) is 31.9 Å². The van der Waals surface area contributed by atoms with E-state index in [4.69, 9.17) is 14.2 Å². The van der Waals surface area contributed by atoms with Crippen molar-refractivity contribution in [2.75, 3.05) is 31.5 Å². The highest BCUT2D eigenvalue weighted by Crippen LogP contribution is 2.47. The van der Waals surface area contributed by atoms with Crippen molar-refractivity contribution in [2.24, 2.45) is 11.8 Å². The number of benzene rings is 2. The fraction of sp³-hybridized carbons (Fsp3) is 0.360. The summed E-state index contributed by atoms with van der Waals surface area (Å²) in [5, 5.41) is 6.97. The molecular weight excluding hydrogens is 408 g/mol. The van der Waals surface area contributed by atoms with E-state index in [1.807, 2.05) is 56.3 Å². The Balaban J connectivity index is 1.93. The third-order valence-corrected chi connectivity index (χ3v) is 6.05. The van der Waals surface area contributed by atoms with E-state index < -0.39 is 17.9 Å². The highest BCUT2D eigenvalue weighted by molar-refractivity contribution is 6.11. The van der Waals surface area contributed by atoms with Gasteiger partial charge in [-0.2, -0.15) is 0 Å². The largest absolute Gasteiger partial charge is 0.493 e. The molecule has 0 amide bonds. The standard InChI is InChI=1S/C25H28N2O5/c1-5-32-24-15(9-8-12-19(24)30-3)22-21-18(26-16-10-6-7-11-17(16)27-22)13-14(2)20(23(21)28)25(29)31-4/h6-12,14,20,22,26-27H,5,13H2,1-4H3/t14-,20-,22+/m0/s1. The molecule has 0 bridgehead atoms. The molecule has 32 heavy (non-hydrogen) atoms. The van der Waals surface area contributed by atoms with Crippen molar-refractivity contribution < 1.29 is 23.8 Å². The SMILES string of the molecule is CCOc1c(OC)cccc1[C@H]1Nc2ccccc2NC2=C1C(=O)[C@@H](C(=O)OC)[C@@H](C)C2. The van der Waals surface area contributed by atoms with Gasteiger partial charge in [0.05, 0.1) is 38.2 Å². The van der Waals surface area contributed by atoms with Crippen LogP contribution in [-0.4, -0.2) is 32.6 Å². The number of allylic oxidation sites excluding steroid dienone is 1. The Morgan fingerprint density at radius 3 is 2.53 bits per heavy atom. The average molecular weight is 437 g/mol. The van der Waals surface area contributed by atoms with E-state index in [2.05, 4.69) is 10.6 Å². The van der Waals surface area contributed by atoms with Crippen molar-refractivity contribution in [1.29, 1.82) is 0 Å². The molecule has 1 aliphatic heterocycles. The molecular formula is C25H28N2O5. The number of ketones is 1. The van der Waals surface area contributed by atoms with E-state index in [1.54, 1.807) is 7.11 Å². The van der Waals surface area contributed by atoms with Crippen molar-refractivity contribution in [2.45, 2.75) is 26.3 Å². The number of nitrogens with one attached hydrogen (secondary N) is 2. The molecule has 0 saturated heterocycles. The minimum atomic E-state index is -0.854. The van der Waals surface area contributed by atoms with Gasteiger partial charge in [-0.3, -0.25) is 9.59 Å². The lowest BCUT2D eigenvalue weighted by Crippen LogP contribution is -2.39. The van der Waals surface area contributed by atoms with Crippen molar-refractivity contribution in [1.82, 2.24) is 0 Å². The molecule has 3 atom stereocenters. The average Bonchev–Trinajstić information content (AvgIpc) is 2.95. The summed E-state index contributed by atoms with van der Waals surface area (Å²) in [6, 6.07) is 12.9. The number of carbonyl (C=O) groups excluding carboxylic acids is 2. The third kappa shape index (κ3) is 3.68. The maximum absolute atomic E-state index is 13.8. The topological polar surface area (TPSA) is 85.9 Å². The van der Waals surface area contributed by atoms with Crippen molar-refractivity contribution >= 4 is 23.1 Å². The van der Waals surface area contributed by atoms with Gasteiger partial charge in [-0.25, -0.2) is 0 Å². The quantitative estimate of drug-likeness (QED) is 0.533. The number of fused-ring (bicyclic) bond motifs is 1. The molecule has 0 saturated carbocycles. The molecule has 2 aliphatic rings. The molecule has 0 radical (unpaired) electrons. The molecule has 1 heterocycles. The van der Waals surface area contributed by atoms with Crippen LogP contribution in [-0.2, 0) is 14.3 Å². The van der Waals surface area contributed by atoms with Crippen LogP contribution in [0.4, 0.5) is 11.4 Å². The Kier molecular flexibility index (Phi) is 6.08. The van der Waals surface area contributed by atoms with Gasteiger partial charge in [-0.05, 0) is 37.5 Å². The zero-order valence-corrected chi connectivity index (χ0v) is 18.7. The molecule has 0 aromatic heterocycles. The maximum Gasteiger partial charge on any atom is 0.316 e. The fourth-order valence-corrected chi connectivity index (χ4v) is 4.59. The van der Waals surface area contributed by atoms with Crippen LogP contribution in [0.3, 0.4) is 0 Å². The Morgan fingerprint density at radius 2 is 1.84 bits per heavy atom. The fourth-order valence-electron chi connectivity index (χ4n) is 4.59. The number of rotatable bonds is 5. The van der Waals surface area contributed by atoms with Crippen molar-refractivity contribution in [3.05, 3.63) is 59.3 Å². The number of hydrogen-bond acceptors (Lipinski definition) is 7. The molecule has 2 aromatic rings. The first-order chi connectivity index (χ1) is 15.5. The molecule has 4 rings (SSSR count). The van der Waals surface area contributed by atoms with Crippen LogP contribution in [0.25, 0.3) is 0 Å². The van der Waals surface area contributed by atoms with Gasteiger partial charge in [0.1, 0.15) is 5.92 Å². The minimum absolute atomic E-state index is 0.191. The normalized spacial score (nSPS) is 22.0. The summed E-state index contributed by atoms with van der Waals surface area (Å²) in [6.07, 6.45) is 0.543. The summed E-state index contributed by atoms with van der Waals surface area (Å²) in [7, 11) is 2.91. The van der Waals surface area contributed by atoms with Gasteiger partial charge in [0.2, 0.25) is 0 Å². The number of hydrogen-bond donors (Lipinski definition) is 2. The molecule has 7 heteroatoms. The van der Waals surface area contributed by atoms with E-state index in [9.17, 15) is 9.59 Å². The van der Waals surface area contributed by atoms with Crippen LogP contribution in [0, 0.1) is 11.8 Å². The number of anilines is 2. The zero-order valence-electron chi connectivity index (χ0n) is 18.7. The second-order valence-corrected chi connectivity index (χ2v) is 8.00. The van der Waals surface area contributed by atoms with Gasteiger partial charge in [-0.1, -0.05) is 31.2 Å². The minimum Gasteiger partial charge on any atom is -0.493 e. The van der Waals surface area contributed by atoms with Crippen LogP contribution < -0.4 is 20.1 Å². The monoisotopic (exact) mass is 436 g/mol. The van der Waals surface area contributed by atoms with Crippen LogP contribution in [0.5, 0.6) is 11.5 Å². The molecule has 2 aromatic carbocycles. The Morgan fingerprint density at radius 1 is 1.09 bits per heavy atom. The molecule has 0 unspecified atom stereocenters. The van der Waals surface area contributed by atoms with E-state index in [1.165, 1.54) is 7.11 Å². The lowest BCUT2D eigenvalue weighted by atomic mass is 9.74. The number of carbonyl (C=O) groups is 2. The number of methoxy groups -OCH3 is 2. The number of ether oxygens (including phenoxy) is 3. The van der Waals surface area contributed by atoms with Crippen LogP contribution >= 0.6 is 0 Å². The second-order valence-electron chi connectivity index (χ2n) is 8.00. The first kappa shape index (κ1) is 21.7. The van der Waals surface area contributed by atoms with Gasteiger partial charge in [0.25, 0.3) is 0 Å². The van der Waals surface area contributed by atoms with E-state index in [0.29, 0.717) is 30.1 Å². The van der Waals surface area contributed by atoms with Gasteiger partial charge < -0.3 is 24.8 Å². The molecule has 7 nitrogen and oxygen atoms in total. The lowest BCUT2D eigenvalue weighted by Gasteiger charge is -2.33. The summed E-state index contributed by atoms with van der Waals surface area (Å²) in [5.41, 5.74) is 3.81. The summed E-state index contributed by atoms with van der Waals surface area (Å²) >= 11 is 0. The summed E-state index contributed by atoms with van der Waals surface area (Å²) < 4.78 is 16.5. The number of Topliss-reactive ketones (excluding diaryl/α,β-unsaturated/α-hetero) is 1. The smallest absolute Gasteiger partial charge is 0.316 e. The first-order valence-corrected chi connectivity index (χ1v) is 10.8. The van der Waals surface area contributed by atoms with Crippen molar-refractivity contribution in [3.8, 4) is 11.5 Å². The summed E-state index contributed by atoms with van der Waals surface area (Å²) in [5.74, 6) is -0.642. The first-order valence-electron chi connectivity index (χ1n) is 10.8. The Hall–Kier alpha value is -3.48.